The zero-order valence-corrected chi connectivity index (χ0v) is 10.6. The van der Waals surface area contributed by atoms with Crippen LogP contribution >= 0.6 is 11.5 Å². The molecule has 1 aromatic heterocycles. The van der Waals surface area contributed by atoms with Crippen molar-refractivity contribution >= 4 is 11.5 Å². The van der Waals surface area contributed by atoms with Crippen molar-refractivity contribution in [2.75, 3.05) is 6.54 Å². The van der Waals surface area contributed by atoms with Crippen molar-refractivity contribution in [2.24, 2.45) is 0 Å². The second-order valence-corrected chi connectivity index (χ2v) is 4.46. The van der Waals surface area contributed by atoms with E-state index in [0.29, 0.717) is 5.56 Å². The molecule has 5 heteroatoms. The quantitative estimate of drug-likeness (QED) is 0.908. The van der Waals surface area contributed by atoms with E-state index in [4.69, 9.17) is 0 Å². The lowest BCUT2D eigenvalue weighted by molar-refractivity contribution is 0.550. The Hall–Kier alpha value is -1.33. The first-order valence-electron chi connectivity index (χ1n) is 5.48. The maximum absolute atomic E-state index is 13.9. The zero-order valence-electron chi connectivity index (χ0n) is 9.77. The molecule has 1 aromatic carbocycles. The minimum Gasteiger partial charge on any atom is -0.305 e. The van der Waals surface area contributed by atoms with E-state index in [1.54, 1.807) is 6.07 Å². The summed E-state index contributed by atoms with van der Waals surface area (Å²) in [6, 6.07) is 4.89. The summed E-state index contributed by atoms with van der Waals surface area (Å²) in [6.45, 7) is 4.68. The first kappa shape index (κ1) is 12.1. The second-order valence-electron chi connectivity index (χ2n) is 3.85. The number of halogens is 1. The summed E-state index contributed by atoms with van der Waals surface area (Å²) >= 11 is 1.27. The molecule has 0 fully saturated rings. The van der Waals surface area contributed by atoms with Gasteiger partial charge in [0, 0.05) is 10.9 Å². The second kappa shape index (κ2) is 5.33. The molecule has 0 saturated carbocycles. The van der Waals surface area contributed by atoms with Gasteiger partial charge in [0.2, 0.25) is 0 Å². The molecule has 1 heterocycles. The van der Waals surface area contributed by atoms with Crippen molar-refractivity contribution in [3.05, 3.63) is 46.2 Å². The molecule has 0 aliphatic rings. The average Bonchev–Trinajstić information content (AvgIpc) is 2.83. The summed E-state index contributed by atoms with van der Waals surface area (Å²) in [4.78, 5) is 0. The van der Waals surface area contributed by atoms with E-state index >= 15 is 0 Å². The standard InChI is InChI=1S/C12H14FN3S/c1-3-14-12(11-7-17-16-15-11)9-6-8(2)4-5-10(9)13/h4-7,12,14H,3H2,1-2H3. The van der Waals surface area contributed by atoms with E-state index in [9.17, 15) is 4.39 Å². The number of hydrogen-bond acceptors (Lipinski definition) is 4. The van der Waals surface area contributed by atoms with Crippen LogP contribution in [-0.4, -0.2) is 16.1 Å². The van der Waals surface area contributed by atoms with Gasteiger partial charge in [0.15, 0.2) is 0 Å². The molecule has 17 heavy (non-hydrogen) atoms. The average molecular weight is 251 g/mol. The fourth-order valence-corrected chi connectivity index (χ4v) is 2.24. The van der Waals surface area contributed by atoms with Gasteiger partial charge >= 0.3 is 0 Å². The highest BCUT2D eigenvalue weighted by atomic mass is 32.1. The summed E-state index contributed by atoms with van der Waals surface area (Å²) in [5.41, 5.74) is 2.42. The molecule has 0 radical (unpaired) electrons. The number of hydrogen-bond donors (Lipinski definition) is 1. The van der Waals surface area contributed by atoms with Crippen LogP contribution in [0.15, 0.2) is 23.6 Å². The van der Waals surface area contributed by atoms with E-state index in [1.165, 1.54) is 17.6 Å². The Balaban J connectivity index is 2.42. The minimum atomic E-state index is -0.223. The van der Waals surface area contributed by atoms with Gasteiger partial charge in [-0.25, -0.2) is 4.39 Å². The largest absolute Gasteiger partial charge is 0.305 e. The molecule has 1 atom stereocenters. The Labute approximate surface area is 104 Å². The Morgan fingerprint density at radius 1 is 1.47 bits per heavy atom. The number of aryl methyl sites for hydroxylation is 1. The highest BCUT2D eigenvalue weighted by Gasteiger charge is 2.19. The number of aromatic nitrogens is 2. The summed E-state index contributed by atoms with van der Waals surface area (Å²) in [5.74, 6) is -0.213. The Bertz CT molecular complexity index is 485. The predicted octanol–water partition coefficient (Wildman–Crippen LogP) is 2.68. The molecule has 0 saturated heterocycles. The topological polar surface area (TPSA) is 37.8 Å². The molecular formula is C12H14FN3S. The number of nitrogens with one attached hydrogen (secondary N) is 1. The van der Waals surface area contributed by atoms with Crippen LogP contribution in [-0.2, 0) is 0 Å². The van der Waals surface area contributed by atoms with Crippen LogP contribution in [0.4, 0.5) is 4.39 Å². The van der Waals surface area contributed by atoms with Crippen LogP contribution in [0.5, 0.6) is 0 Å². The first-order valence-corrected chi connectivity index (χ1v) is 6.32. The van der Waals surface area contributed by atoms with Crippen LogP contribution < -0.4 is 5.32 Å². The molecule has 2 aromatic rings. The lowest BCUT2D eigenvalue weighted by Gasteiger charge is -2.17. The van der Waals surface area contributed by atoms with Crippen LogP contribution in [0, 0.1) is 12.7 Å². The van der Waals surface area contributed by atoms with Gasteiger partial charge in [0.25, 0.3) is 0 Å². The monoisotopic (exact) mass is 251 g/mol. The lowest BCUT2D eigenvalue weighted by Crippen LogP contribution is -2.23. The molecule has 3 nitrogen and oxygen atoms in total. The van der Waals surface area contributed by atoms with Crippen LogP contribution in [0.25, 0.3) is 0 Å². The number of benzene rings is 1. The van der Waals surface area contributed by atoms with Gasteiger partial charge in [-0.05, 0) is 31.1 Å². The lowest BCUT2D eigenvalue weighted by atomic mass is 10.0. The third kappa shape index (κ3) is 2.68. The van der Waals surface area contributed by atoms with Crippen LogP contribution in [0.1, 0.15) is 29.8 Å². The van der Waals surface area contributed by atoms with Gasteiger partial charge in [0.05, 0.1) is 11.7 Å². The minimum absolute atomic E-state index is 0.213. The Morgan fingerprint density at radius 3 is 2.94 bits per heavy atom. The van der Waals surface area contributed by atoms with Crippen molar-refractivity contribution < 1.29 is 4.39 Å². The van der Waals surface area contributed by atoms with Crippen molar-refractivity contribution in [1.82, 2.24) is 14.9 Å². The van der Waals surface area contributed by atoms with E-state index in [0.717, 1.165) is 17.8 Å². The highest BCUT2D eigenvalue weighted by Crippen LogP contribution is 2.24. The number of nitrogens with zero attached hydrogens (tertiary/aromatic N) is 2. The van der Waals surface area contributed by atoms with E-state index in [1.807, 2.05) is 25.3 Å². The maximum atomic E-state index is 13.9. The summed E-state index contributed by atoms with van der Waals surface area (Å²) in [5, 5.41) is 9.10. The van der Waals surface area contributed by atoms with Gasteiger partial charge in [-0.1, -0.05) is 29.1 Å². The van der Waals surface area contributed by atoms with Crippen molar-refractivity contribution in [3.8, 4) is 0 Å². The third-order valence-corrected chi connectivity index (χ3v) is 3.07. The van der Waals surface area contributed by atoms with Crippen molar-refractivity contribution in [1.29, 1.82) is 0 Å². The first-order chi connectivity index (χ1) is 8.22. The van der Waals surface area contributed by atoms with Gasteiger partial charge in [0.1, 0.15) is 5.82 Å². The van der Waals surface area contributed by atoms with Crippen molar-refractivity contribution in [2.45, 2.75) is 19.9 Å². The summed E-state index contributed by atoms with van der Waals surface area (Å²) in [7, 11) is 0. The SMILES string of the molecule is CCNC(c1csnn1)c1cc(C)ccc1F. The number of rotatable bonds is 4. The fourth-order valence-electron chi connectivity index (χ4n) is 1.76. The molecule has 1 unspecified atom stereocenters. The van der Waals surface area contributed by atoms with Gasteiger partial charge < -0.3 is 5.32 Å². The van der Waals surface area contributed by atoms with E-state index in [2.05, 4.69) is 14.9 Å². The highest BCUT2D eigenvalue weighted by molar-refractivity contribution is 7.03. The summed E-state index contributed by atoms with van der Waals surface area (Å²) in [6.07, 6.45) is 0. The smallest absolute Gasteiger partial charge is 0.128 e. The van der Waals surface area contributed by atoms with E-state index in [-0.39, 0.29) is 11.9 Å². The Kier molecular flexibility index (Phi) is 3.81. The van der Waals surface area contributed by atoms with Crippen LogP contribution in [0.3, 0.4) is 0 Å². The maximum Gasteiger partial charge on any atom is 0.128 e. The molecule has 0 aliphatic heterocycles. The molecule has 0 spiro atoms. The van der Waals surface area contributed by atoms with E-state index < -0.39 is 0 Å². The molecular weight excluding hydrogens is 237 g/mol. The predicted molar refractivity (Wildman–Crippen MR) is 66.6 cm³/mol. The van der Waals surface area contributed by atoms with Crippen molar-refractivity contribution in [3.63, 3.8) is 0 Å². The molecule has 2 rings (SSSR count). The molecule has 90 valence electrons. The van der Waals surface area contributed by atoms with Gasteiger partial charge in [-0.2, -0.15) is 0 Å². The summed E-state index contributed by atoms with van der Waals surface area (Å²) < 4.78 is 17.7. The fraction of sp³-hybridized carbons (Fsp3) is 0.333. The molecule has 0 bridgehead atoms. The van der Waals surface area contributed by atoms with Gasteiger partial charge in [-0.15, -0.1) is 5.10 Å². The Morgan fingerprint density at radius 2 is 2.29 bits per heavy atom. The van der Waals surface area contributed by atoms with Gasteiger partial charge in [-0.3, -0.25) is 0 Å². The molecule has 1 N–H and O–H groups in total. The third-order valence-electron chi connectivity index (χ3n) is 2.54. The molecule has 0 amide bonds. The molecule has 0 aliphatic carbocycles. The normalized spacial score (nSPS) is 12.6. The van der Waals surface area contributed by atoms with Crippen LogP contribution in [0.2, 0.25) is 0 Å². The zero-order chi connectivity index (χ0) is 12.3.